The highest BCUT2D eigenvalue weighted by molar-refractivity contribution is 5.72. The lowest BCUT2D eigenvalue weighted by molar-refractivity contribution is -0.157. The molecule has 2 aliphatic rings. The van der Waals surface area contributed by atoms with Gasteiger partial charge in [-0.05, 0) is 63.7 Å². The van der Waals surface area contributed by atoms with Crippen LogP contribution in [-0.4, -0.2) is 12.1 Å². The van der Waals surface area contributed by atoms with E-state index in [0.29, 0.717) is 0 Å². The molecule has 3 nitrogen and oxygen atoms in total. The van der Waals surface area contributed by atoms with Crippen molar-refractivity contribution in [3.8, 4) is 6.07 Å². The molecule has 2 aliphatic carbocycles. The monoisotopic (exact) mass is 319 g/mol. The van der Waals surface area contributed by atoms with E-state index in [9.17, 15) is 10.1 Å². The predicted octanol–water partition coefficient (Wildman–Crippen LogP) is 5.39. The number of rotatable bonds is 6. The first-order chi connectivity index (χ1) is 11.1. The van der Waals surface area contributed by atoms with Crippen molar-refractivity contribution in [3.63, 3.8) is 0 Å². The van der Waals surface area contributed by atoms with E-state index in [1.54, 1.807) is 0 Å². The Morgan fingerprint density at radius 2 is 1.74 bits per heavy atom. The molecular weight excluding hydrogens is 286 g/mol. The Balaban J connectivity index is 1.75. The third kappa shape index (κ3) is 4.96. The Bertz CT molecular complexity index is 410. The summed E-state index contributed by atoms with van der Waals surface area (Å²) in [5, 5.41) is 9.46. The van der Waals surface area contributed by atoms with Crippen molar-refractivity contribution in [3.05, 3.63) is 0 Å². The smallest absolute Gasteiger partial charge is 0.309 e. The summed E-state index contributed by atoms with van der Waals surface area (Å²) < 4.78 is 5.80. The fourth-order valence-corrected chi connectivity index (χ4v) is 4.51. The molecule has 0 radical (unpaired) electrons. The lowest BCUT2D eigenvalue weighted by Gasteiger charge is -2.35. The van der Waals surface area contributed by atoms with E-state index in [2.05, 4.69) is 19.9 Å². The minimum Gasteiger partial charge on any atom is -0.462 e. The minimum atomic E-state index is -0.177. The Hall–Kier alpha value is -1.04. The van der Waals surface area contributed by atoms with Gasteiger partial charge in [0.25, 0.3) is 0 Å². The average Bonchev–Trinajstić information content (AvgIpc) is 2.58. The number of nitrogens with zero attached hydrogens (tertiary/aromatic N) is 1. The number of carbonyl (C=O) groups is 1. The van der Waals surface area contributed by atoms with E-state index in [0.717, 1.165) is 57.3 Å². The highest BCUT2D eigenvalue weighted by Gasteiger charge is 2.38. The molecule has 2 saturated carbocycles. The number of hydrogen-bond donors (Lipinski definition) is 0. The van der Waals surface area contributed by atoms with Crippen molar-refractivity contribution in [2.45, 2.75) is 97.0 Å². The van der Waals surface area contributed by atoms with E-state index >= 15 is 0 Å². The standard InChI is InChI=1S/C20H33NO2/c1-3-5-16-6-8-18(9-7-16)23-19(22)17-10-13-20(15-21,12-4-2)14-11-17/h16-18H,3-14H2,1-2H3/t16-,17-,18-,20+. The van der Waals surface area contributed by atoms with Gasteiger partial charge in [-0.2, -0.15) is 5.26 Å². The van der Waals surface area contributed by atoms with Gasteiger partial charge in [-0.3, -0.25) is 4.79 Å². The second kappa shape index (κ2) is 8.71. The van der Waals surface area contributed by atoms with Gasteiger partial charge < -0.3 is 4.74 Å². The molecule has 0 heterocycles. The van der Waals surface area contributed by atoms with Gasteiger partial charge in [0, 0.05) is 0 Å². The Morgan fingerprint density at radius 3 is 2.26 bits per heavy atom. The SMILES string of the molecule is CCC[C@H]1CC[C@H](OC(=O)[C@H]2CC[C@](C#N)(CCC)CC2)CC1. The Labute approximate surface area is 141 Å². The molecule has 0 atom stereocenters. The molecule has 0 bridgehead atoms. The molecule has 0 aliphatic heterocycles. The summed E-state index contributed by atoms with van der Waals surface area (Å²) in [7, 11) is 0. The molecule has 0 amide bonds. The molecule has 0 spiro atoms. The molecule has 0 N–H and O–H groups in total. The van der Waals surface area contributed by atoms with Crippen molar-refractivity contribution in [1.29, 1.82) is 5.26 Å². The van der Waals surface area contributed by atoms with Gasteiger partial charge in [-0.1, -0.05) is 33.1 Å². The molecule has 0 aromatic heterocycles. The lowest BCUT2D eigenvalue weighted by Crippen LogP contribution is -2.33. The van der Waals surface area contributed by atoms with Crippen LogP contribution in [0.3, 0.4) is 0 Å². The van der Waals surface area contributed by atoms with Gasteiger partial charge in [-0.25, -0.2) is 0 Å². The number of nitriles is 1. The summed E-state index contributed by atoms with van der Waals surface area (Å²) in [5.41, 5.74) is -0.177. The molecule has 0 unspecified atom stereocenters. The van der Waals surface area contributed by atoms with Gasteiger partial charge in [0.1, 0.15) is 6.10 Å². The quantitative estimate of drug-likeness (QED) is 0.617. The summed E-state index contributed by atoms with van der Waals surface area (Å²) >= 11 is 0. The van der Waals surface area contributed by atoms with E-state index in [1.165, 1.54) is 25.7 Å². The molecule has 0 saturated heterocycles. The van der Waals surface area contributed by atoms with Gasteiger partial charge in [0.2, 0.25) is 0 Å². The predicted molar refractivity (Wildman–Crippen MR) is 91.7 cm³/mol. The van der Waals surface area contributed by atoms with E-state index in [1.807, 2.05) is 0 Å². The maximum absolute atomic E-state index is 12.4. The van der Waals surface area contributed by atoms with Gasteiger partial charge in [-0.15, -0.1) is 0 Å². The first-order valence-corrected chi connectivity index (χ1v) is 9.74. The maximum atomic E-state index is 12.4. The molecule has 0 aromatic carbocycles. The van der Waals surface area contributed by atoms with Crippen LogP contribution < -0.4 is 0 Å². The van der Waals surface area contributed by atoms with Crippen molar-refractivity contribution in [2.24, 2.45) is 17.3 Å². The molecule has 0 aromatic rings. The zero-order valence-corrected chi connectivity index (χ0v) is 15.0. The van der Waals surface area contributed by atoms with E-state index < -0.39 is 0 Å². The van der Waals surface area contributed by atoms with Crippen LogP contribution in [0.15, 0.2) is 0 Å². The molecule has 2 rings (SSSR count). The van der Waals surface area contributed by atoms with Crippen LogP contribution in [0, 0.1) is 28.6 Å². The number of ether oxygens (including phenoxy) is 1. The van der Waals surface area contributed by atoms with Crippen LogP contribution in [0.1, 0.15) is 90.9 Å². The Morgan fingerprint density at radius 1 is 1.09 bits per heavy atom. The molecule has 3 heteroatoms. The maximum Gasteiger partial charge on any atom is 0.309 e. The lowest BCUT2D eigenvalue weighted by atomic mass is 9.69. The summed E-state index contributed by atoms with van der Waals surface area (Å²) in [6.45, 7) is 4.38. The molecule has 23 heavy (non-hydrogen) atoms. The molecule has 130 valence electrons. The first kappa shape index (κ1) is 18.3. The fraction of sp³-hybridized carbons (Fsp3) is 0.900. The fourth-order valence-electron chi connectivity index (χ4n) is 4.51. The molecular formula is C20H33NO2. The van der Waals surface area contributed by atoms with Crippen LogP contribution in [-0.2, 0) is 9.53 Å². The van der Waals surface area contributed by atoms with Crippen molar-refractivity contribution in [2.75, 3.05) is 0 Å². The van der Waals surface area contributed by atoms with Crippen LogP contribution in [0.5, 0.6) is 0 Å². The average molecular weight is 319 g/mol. The number of carbonyl (C=O) groups excluding carboxylic acids is 1. The topological polar surface area (TPSA) is 50.1 Å². The van der Waals surface area contributed by atoms with Crippen molar-refractivity contribution >= 4 is 5.97 Å². The van der Waals surface area contributed by atoms with E-state index in [-0.39, 0.29) is 23.4 Å². The summed E-state index contributed by atoms with van der Waals surface area (Å²) in [4.78, 5) is 12.4. The number of esters is 1. The normalized spacial score (nSPS) is 34.6. The highest BCUT2D eigenvalue weighted by atomic mass is 16.5. The highest BCUT2D eigenvalue weighted by Crippen LogP contribution is 2.42. The van der Waals surface area contributed by atoms with Gasteiger partial charge >= 0.3 is 5.97 Å². The minimum absolute atomic E-state index is 0.00646. The van der Waals surface area contributed by atoms with Crippen LogP contribution in [0.4, 0.5) is 0 Å². The summed E-state index contributed by atoms with van der Waals surface area (Å²) in [6, 6.07) is 2.52. The third-order valence-electron chi connectivity index (χ3n) is 6.02. The van der Waals surface area contributed by atoms with E-state index in [4.69, 9.17) is 4.74 Å². The van der Waals surface area contributed by atoms with Crippen molar-refractivity contribution < 1.29 is 9.53 Å². The summed E-state index contributed by atoms with van der Waals surface area (Å²) in [5.74, 6) is 0.878. The van der Waals surface area contributed by atoms with Gasteiger partial charge in [0.15, 0.2) is 0 Å². The van der Waals surface area contributed by atoms with Crippen molar-refractivity contribution in [1.82, 2.24) is 0 Å². The van der Waals surface area contributed by atoms with Gasteiger partial charge in [0.05, 0.1) is 17.4 Å². The van der Waals surface area contributed by atoms with Crippen LogP contribution >= 0.6 is 0 Å². The summed E-state index contributed by atoms with van der Waals surface area (Å²) in [6.07, 6.45) is 12.6. The second-order valence-electron chi connectivity index (χ2n) is 7.78. The third-order valence-corrected chi connectivity index (χ3v) is 6.02. The second-order valence-corrected chi connectivity index (χ2v) is 7.78. The van der Waals surface area contributed by atoms with Crippen LogP contribution in [0.25, 0.3) is 0 Å². The zero-order valence-electron chi connectivity index (χ0n) is 15.0. The van der Waals surface area contributed by atoms with Crippen LogP contribution in [0.2, 0.25) is 0 Å². The first-order valence-electron chi connectivity index (χ1n) is 9.74. The largest absolute Gasteiger partial charge is 0.462 e. The zero-order chi connectivity index (χ0) is 16.7. The number of hydrogen-bond acceptors (Lipinski definition) is 3. The Kier molecular flexibility index (Phi) is 6.93. The molecule has 2 fully saturated rings.